The summed E-state index contributed by atoms with van der Waals surface area (Å²) in [5.41, 5.74) is 1.74. The van der Waals surface area contributed by atoms with Crippen molar-refractivity contribution in [1.82, 2.24) is 19.7 Å². The third-order valence-corrected chi connectivity index (χ3v) is 5.45. The highest BCUT2D eigenvalue weighted by Gasteiger charge is 2.17. The molecule has 0 radical (unpaired) electrons. The summed E-state index contributed by atoms with van der Waals surface area (Å²) in [5, 5.41) is 2.93. The lowest BCUT2D eigenvalue weighted by Crippen LogP contribution is -2.45. The van der Waals surface area contributed by atoms with Crippen molar-refractivity contribution >= 4 is 11.7 Å². The van der Waals surface area contributed by atoms with E-state index < -0.39 is 0 Å². The Hall–Kier alpha value is -2.64. The summed E-state index contributed by atoms with van der Waals surface area (Å²) in [4.78, 5) is 23.1. The van der Waals surface area contributed by atoms with Gasteiger partial charge in [0, 0.05) is 57.9 Å². The molecule has 1 saturated heterocycles. The number of piperazine rings is 1. The highest BCUT2D eigenvalue weighted by Crippen LogP contribution is 2.20. The Morgan fingerprint density at radius 3 is 2.59 bits per heavy atom. The molecule has 2 amide bonds. The van der Waals surface area contributed by atoms with Gasteiger partial charge in [0.1, 0.15) is 12.4 Å². The number of hydrogen-bond acceptors (Lipinski definition) is 5. The van der Waals surface area contributed by atoms with Gasteiger partial charge in [0.15, 0.2) is 0 Å². The third kappa shape index (κ3) is 6.17. The Balaban J connectivity index is 1.44. The number of rotatable bonds is 7. The Morgan fingerprint density at radius 1 is 1.21 bits per heavy atom. The molecular formula is C22H31N5O2. The van der Waals surface area contributed by atoms with Gasteiger partial charge in [-0.25, -0.2) is 4.79 Å². The zero-order valence-electron chi connectivity index (χ0n) is 17.5. The summed E-state index contributed by atoms with van der Waals surface area (Å²) in [5.74, 6) is 0.814. The van der Waals surface area contributed by atoms with Crippen molar-refractivity contribution in [2.45, 2.75) is 13.0 Å². The summed E-state index contributed by atoms with van der Waals surface area (Å²) in [6.45, 7) is 7.99. The van der Waals surface area contributed by atoms with Crippen molar-refractivity contribution in [1.29, 1.82) is 0 Å². The molecule has 0 spiro atoms. The number of nitrogens with zero attached hydrogens (tertiary/aromatic N) is 4. The molecule has 7 nitrogen and oxygen atoms in total. The summed E-state index contributed by atoms with van der Waals surface area (Å²) >= 11 is 0. The highest BCUT2D eigenvalue weighted by molar-refractivity contribution is 5.89. The predicted molar refractivity (Wildman–Crippen MR) is 115 cm³/mol. The first-order valence-corrected chi connectivity index (χ1v) is 10.1. The van der Waals surface area contributed by atoms with Gasteiger partial charge in [-0.3, -0.25) is 9.88 Å². The highest BCUT2D eigenvalue weighted by atomic mass is 16.5. The Labute approximate surface area is 173 Å². The zero-order chi connectivity index (χ0) is 20.6. The van der Waals surface area contributed by atoms with E-state index in [-0.39, 0.29) is 12.1 Å². The number of likely N-dealkylation sites (N-methyl/N-ethyl adjacent to an activating group) is 1. The van der Waals surface area contributed by atoms with Crippen LogP contribution >= 0.6 is 0 Å². The summed E-state index contributed by atoms with van der Waals surface area (Å²) in [7, 11) is 3.94. The normalized spacial score (nSPS) is 16.2. The van der Waals surface area contributed by atoms with Crippen molar-refractivity contribution < 1.29 is 9.53 Å². The number of carbonyl (C=O) groups excluding carboxylic acids is 1. The van der Waals surface area contributed by atoms with Crippen LogP contribution in [-0.2, 0) is 0 Å². The van der Waals surface area contributed by atoms with Gasteiger partial charge in [0.2, 0.25) is 0 Å². The largest absolute Gasteiger partial charge is 0.492 e. The second-order valence-corrected chi connectivity index (χ2v) is 7.52. The van der Waals surface area contributed by atoms with E-state index in [0.29, 0.717) is 6.61 Å². The predicted octanol–water partition coefficient (Wildman–Crippen LogP) is 2.93. The minimum Gasteiger partial charge on any atom is -0.492 e. The van der Waals surface area contributed by atoms with Crippen LogP contribution in [-0.4, -0.2) is 79.1 Å². The van der Waals surface area contributed by atoms with Crippen LogP contribution in [0.3, 0.4) is 0 Å². The standard InChI is InChI=1S/C22H31N5O2/c1-18(19-5-4-10-23-17-19)26(3)22(28)24-20-6-8-21(9-7-20)29-16-15-27-13-11-25(2)12-14-27/h4-10,17-18H,11-16H2,1-3H3,(H,24,28)/t18-/m1/s1. The molecule has 2 heterocycles. The first-order chi connectivity index (χ1) is 14.0. The van der Waals surface area contributed by atoms with Gasteiger partial charge >= 0.3 is 6.03 Å². The molecule has 0 unspecified atom stereocenters. The molecule has 3 rings (SSSR count). The fourth-order valence-corrected chi connectivity index (χ4v) is 3.23. The molecule has 1 atom stereocenters. The zero-order valence-corrected chi connectivity index (χ0v) is 17.5. The van der Waals surface area contributed by atoms with Crippen LogP contribution in [0.15, 0.2) is 48.8 Å². The molecule has 0 saturated carbocycles. The van der Waals surface area contributed by atoms with Crippen molar-refractivity contribution in [3.05, 3.63) is 54.4 Å². The number of pyridine rings is 1. The maximum absolute atomic E-state index is 12.5. The molecule has 1 fully saturated rings. The maximum atomic E-state index is 12.5. The first kappa shape index (κ1) is 21.1. The van der Waals surface area contributed by atoms with E-state index in [2.05, 4.69) is 27.1 Å². The average molecular weight is 398 g/mol. The fourth-order valence-electron chi connectivity index (χ4n) is 3.23. The molecule has 0 aliphatic carbocycles. The molecule has 0 bridgehead atoms. The SMILES string of the molecule is C[C@H](c1cccnc1)N(C)C(=O)Nc1ccc(OCCN2CCN(C)CC2)cc1. The quantitative estimate of drug-likeness (QED) is 0.778. The minimum atomic E-state index is -0.162. The fraction of sp³-hybridized carbons (Fsp3) is 0.455. The van der Waals surface area contributed by atoms with Gasteiger partial charge in [-0.2, -0.15) is 0 Å². The Morgan fingerprint density at radius 2 is 1.93 bits per heavy atom. The van der Waals surface area contributed by atoms with E-state index in [0.717, 1.165) is 49.7 Å². The number of urea groups is 1. The molecule has 2 aromatic rings. The average Bonchev–Trinajstić information content (AvgIpc) is 2.76. The Kier molecular flexibility index (Phi) is 7.43. The van der Waals surface area contributed by atoms with Crippen molar-refractivity contribution in [2.75, 3.05) is 58.7 Å². The minimum absolute atomic E-state index is 0.0686. The molecule has 7 heteroatoms. The van der Waals surface area contributed by atoms with Gasteiger partial charge in [-0.05, 0) is 49.9 Å². The van der Waals surface area contributed by atoms with Gasteiger partial charge < -0.3 is 19.9 Å². The lowest BCUT2D eigenvalue weighted by Gasteiger charge is -2.32. The molecule has 1 aliphatic heterocycles. The number of aromatic nitrogens is 1. The molecule has 29 heavy (non-hydrogen) atoms. The second kappa shape index (κ2) is 10.2. The van der Waals surface area contributed by atoms with E-state index >= 15 is 0 Å². The Bertz CT molecular complexity index is 761. The van der Waals surface area contributed by atoms with Crippen LogP contribution < -0.4 is 10.1 Å². The van der Waals surface area contributed by atoms with Gasteiger partial charge in [0.25, 0.3) is 0 Å². The van der Waals surface area contributed by atoms with E-state index in [1.807, 2.05) is 43.3 Å². The van der Waals surface area contributed by atoms with Crippen molar-refractivity contribution in [3.63, 3.8) is 0 Å². The lowest BCUT2D eigenvalue weighted by molar-refractivity contribution is 0.134. The molecular weight excluding hydrogens is 366 g/mol. The number of nitrogens with one attached hydrogen (secondary N) is 1. The van der Waals surface area contributed by atoms with Crippen molar-refractivity contribution in [2.24, 2.45) is 0 Å². The maximum Gasteiger partial charge on any atom is 0.322 e. The van der Waals surface area contributed by atoms with Crippen LogP contribution in [0.25, 0.3) is 0 Å². The number of ether oxygens (including phenoxy) is 1. The summed E-state index contributed by atoms with van der Waals surface area (Å²) < 4.78 is 5.85. The smallest absolute Gasteiger partial charge is 0.322 e. The molecule has 1 aliphatic rings. The van der Waals surface area contributed by atoms with Gasteiger partial charge in [-0.1, -0.05) is 6.07 Å². The van der Waals surface area contributed by atoms with E-state index in [1.54, 1.807) is 24.3 Å². The van der Waals surface area contributed by atoms with Crippen LogP contribution in [0.2, 0.25) is 0 Å². The summed E-state index contributed by atoms with van der Waals surface area (Å²) in [6, 6.07) is 11.1. The van der Waals surface area contributed by atoms with Crippen LogP contribution in [0, 0.1) is 0 Å². The van der Waals surface area contributed by atoms with Crippen LogP contribution in [0.5, 0.6) is 5.75 Å². The summed E-state index contributed by atoms with van der Waals surface area (Å²) in [6.07, 6.45) is 3.51. The monoisotopic (exact) mass is 397 g/mol. The molecule has 1 aromatic carbocycles. The second-order valence-electron chi connectivity index (χ2n) is 7.52. The van der Waals surface area contributed by atoms with E-state index in [9.17, 15) is 4.79 Å². The number of anilines is 1. The van der Waals surface area contributed by atoms with Gasteiger partial charge in [-0.15, -0.1) is 0 Å². The first-order valence-electron chi connectivity index (χ1n) is 10.1. The molecule has 156 valence electrons. The number of amides is 2. The van der Waals surface area contributed by atoms with Crippen LogP contribution in [0.4, 0.5) is 10.5 Å². The van der Waals surface area contributed by atoms with E-state index in [1.165, 1.54) is 0 Å². The van der Waals surface area contributed by atoms with Crippen LogP contribution in [0.1, 0.15) is 18.5 Å². The molecule has 1 aromatic heterocycles. The number of carbonyl (C=O) groups is 1. The van der Waals surface area contributed by atoms with Crippen molar-refractivity contribution in [3.8, 4) is 5.75 Å². The topological polar surface area (TPSA) is 60.9 Å². The van der Waals surface area contributed by atoms with E-state index in [4.69, 9.17) is 4.74 Å². The number of hydrogen-bond donors (Lipinski definition) is 1. The third-order valence-electron chi connectivity index (χ3n) is 5.45. The van der Waals surface area contributed by atoms with Gasteiger partial charge in [0.05, 0.1) is 6.04 Å². The number of benzene rings is 1. The molecule has 1 N–H and O–H groups in total. The lowest BCUT2D eigenvalue weighted by atomic mass is 10.1.